The summed E-state index contributed by atoms with van der Waals surface area (Å²) in [5.41, 5.74) is 1.76. The van der Waals surface area contributed by atoms with E-state index in [2.05, 4.69) is 4.98 Å². The van der Waals surface area contributed by atoms with Crippen LogP contribution in [0.25, 0.3) is 0 Å². The number of rotatable bonds is 3. The maximum absolute atomic E-state index is 12.7. The van der Waals surface area contributed by atoms with Crippen molar-refractivity contribution in [3.63, 3.8) is 0 Å². The minimum atomic E-state index is -0.871. The SMILES string of the molecule is Cc1ccc(CC(=O)N2[C@@H]3CCCC[C@H]3C[C@H]2C(=O)O)cn1. The lowest BCUT2D eigenvalue weighted by molar-refractivity contribution is -0.149. The highest BCUT2D eigenvalue weighted by molar-refractivity contribution is 5.86. The molecule has 1 aliphatic heterocycles. The van der Waals surface area contributed by atoms with Crippen LogP contribution in [0.5, 0.6) is 0 Å². The highest BCUT2D eigenvalue weighted by Gasteiger charge is 2.47. The highest BCUT2D eigenvalue weighted by atomic mass is 16.4. The molecule has 1 saturated carbocycles. The van der Waals surface area contributed by atoms with Gasteiger partial charge in [0.05, 0.1) is 6.42 Å². The van der Waals surface area contributed by atoms with E-state index in [-0.39, 0.29) is 18.4 Å². The monoisotopic (exact) mass is 302 g/mol. The van der Waals surface area contributed by atoms with Crippen molar-refractivity contribution in [1.29, 1.82) is 0 Å². The van der Waals surface area contributed by atoms with Crippen molar-refractivity contribution in [2.24, 2.45) is 5.92 Å². The Morgan fingerprint density at radius 2 is 2.09 bits per heavy atom. The lowest BCUT2D eigenvalue weighted by Crippen LogP contribution is -2.46. The zero-order valence-corrected chi connectivity index (χ0v) is 12.9. The van der Waals surface area contributed by atoms with Crippen LogP contribution in [0.3, 0.4) is 0 Å². The van der Waals surface area contributed by atoms with E-state index in [1.807, 2.05) is 19.1 Å². The Morgan fingerprint density at radius 3 is 2.77 bits per heavy atom. The first-order valence-corrected chi connectivity index (χ1v) is 8.02. The van der Waals surface area contributed by atoms with Crippen LogP contribution in [0.2, 0.25) is 0 Å². The number of pyridine rings is 1. The fraction of sp³-hybridized carbons (Fsp3) is 0.588. The number of fused-ring (bicyclic) bond motifs is 1. The maximum Gasteiger partial charge on any atom is 0.326 e. The summed E-state index contributed by atoms with van der Waals surface area (Å²) in [6.45, 7) is 1.90. The molecule has 0 aromatic carbocycles. The second kappa shape index (κ2) is 6.07. The average molecular weight is 302 g/mol. The summed E-state index contributed by atoms with van der Waals surface area (Å²) in [7, 11) is 0. The lowest BCUT2D eigenvalue weighted by Gasteiger charge is -2.33. The van der Waals surface area contributed by atoms with Gasteiger partial charge in [0.25, 0.3) is 0 Å². The fourth-order valence-electron chi connectivity index (χ4n) is 3.91. The van der Waals surface area contributed by atoms with E-state index in [1.165, 1.54) is 0 Å². The number of hydrogen-bond donors (Lipinski definition) is 1. The van der Waals surface area contributed by atoms with E-state index in [0.717, 1.165) is 36.9 Å². The molecule has 1 saturated heterocycles. The van der Waals surface area contributed by atoms with Crippen molar-refractivity contribution in [1.82, 2.24) is 9.88 Å². The van der Waals surface area contributed by atoms with E-state index < -0.39 is 12.0 Å². The molecule has 1 aromatic heterocycles. The van der Waals surface area contributed by atoms with Gasteiger partial charge in [-0.25, -0.2) is 4.79 Å². The van der Waals surface area contributed by atoms with Gasteiger partial charge in [0.15, 0.2) is 0 Å². The normalized spacial score (nSPS) is 27.5. The Bertz CT molecular complexity index is 570. The quantitative estimate of drug-likeness (QED) is 0.929. The molecule has 1 amide bonds. The maximum atomic E-state index is 12.7. The zero-order chi connectivity index (χ0) is 15.7. The molecule has 22 heavy (non-hydrogen) atoms. The summed E-state index contributed by atoms with van der Waals surface area (Å²) >= 11 is 0. The number of carbonyl (C=O) groups is 2. The van der Waals surface area contributed by atoms with Crippen molar-refractivity contribution in [3.8, 4) is 0 Å². The van der Waals surface area contributed by atoms with Gasteiger partial charge in [0.1, 0.15) is 6.04 Å². The molecule has 1 aromatic rings. The van der Waals surface area contributed by atoms with Crippen molar-refractivity contribution in [2.75, 3.05) is 0 Å². The molecule has 3 atom stereocenters. The molecule has 0 bridgehead atoms. The average Bonchev–Trinajstić information content (AvgIpc) is 2.89. The van der Waals surface area contributed by atoms with Gasteiger partial charge in [-0.05, 0) is 43.7 Å². The van der Waals surface area contributed by atoms with Crippen molar-refractivity contribution >= 4 is 11.9 Å². The fourth-order valence-corrected chi connectivity index (χ4v) is 3.91. The molecule has 5 nitrogen and oxygen atoms in total. The van der Waals surface area contributed by atoms with Crippen LogP contribution >= 0.6 is 0 Å². The third kappa shape index (κ3) is 2.85. The third-order valence-corrected chi connectivity index (χ3v) is 4.99. The van der Waals surface area contributed by atoms with E-state index in [4.69, 9.17) is 0 Å². The molecule has 2 aliphatic rings. The Morgan fingerprint density at radius 1 is 1.32 bits per heavy atom. The van der Waals surface area contributed by atoms with E-state index in [9.17, 15) is 14.7 Å². The Kier molecular flexibility index (Phi) is 4.14. The first kappa shape index (κ1) is 15.0. The molecule has 0 unspecified atom stereocenters. The largest absolute Gasteiger partial charge is 0.480 e. The van der Waals surface area contributed by atoms with Gasteiger partial charge in [-0.15, -0.1) is 0 Å². The van der Waals surface area contributed by atoms with Crippen LogP contribution in [0.4, 0.5) is 0 Å². The topological polar surface area (TPSA) is 70.5 Å². The van der Waals surface area contributed by atoms with Crippen LogP contribution in [0, 0.1) is 12.8 Å². The van der Waals surface area contributed by atoms with Gasteiger partial charge in [-0.2, -0.15) is 0 Å². The van der Waals surface area contributed by atoms with Gasteiger partial charge >= 0.3 is 5.97 Å². The predicted octanol–water partition coefficient (Wildman–Crippen LogP) is 2.18. The highest BCUT2D eigenvalue weighted by Crippen LogP contribution is 2.40. The number of amides is 1. The first-order valence-electron chi connectivity index (χ1n) is 8.02. The Hall–Kier alpha value is -1.91. The molecule has 0 spiro atoms. The number of carboxylic acids is 1. The number of aryl methyl sites for hydroxylation is 1. The summed E-state index contributed by atoms with van der Waals surface area (Å²) in [6.07, 6.45) is 6.77. The summed E-state index contributed by atoms with van der Waals surface area (Å²) in [6, 6.07) is 3.23. The Labute approximate surface area is 130 Å². The second-order valence-corrected chi connectivity index (χ2v) is 6.49. The van der Waals surface area contributed by atoms with Gasteiger partial charge in [0.2, 0.25) is 5.91 Å². The summed E-state index contributed by atoms with van der Waals surface area (Å²) in [5.74, 6) is -0.591. The van der Waals surface area contributed by atoms with Crippen LogP contribution in [0.1, 0.15) is 43.4 Å². The second-order valence-electron chi connectivity index (χ2n) is 6.49. The van der Waals surface area contributed by atoms with E-state index in [0.29, 0.717) is 12.3 Å². The molecule has 5 heteroatoms. The predicted molar refractivity (Wildman–Crippen MR) is 81.3 cm³/mol. The van der Waals surface area contributed by atoms with E-state index >= 15 is 0 Å². The van der Waals surface area contributed by atoms with Crippen LogP contribution in [-0.4, -0.2) is 39.0 Å². The summed E-state index contributed by atoms with van der Waals surface area (Å²) in [5, 5.41) is 9.48. The smallest absolute Gasteiger partial charge is 0.326 e. The number of carboxylic acid groups (broad SMARTS) is 1. The summed E-state index contributed by atoms with van der Waals surface area (Å²) < 4.78 is 0. The lowest BCUT2D eigenvalue weighted by atomic mass is 9.84. The number of carbonyl (C=O) groups excluding carboxylic acids is 1. The third-order valence-electron chi connectivity index (χ3n) is 4.99. The molecular weight excluding hydrogens is 280 g/mol. The van der Waals surface area contributed by atoms with Crippen LogP contribution in [0.15, 0.2) is 18.3 Å². The van der Waals surface area contributed by atoms with Gasteiger partial charge in [0, 0.05) is 17.9 Å². The Balaban J connectivity index is 1.78. The number of likely N-dealkylation sites (tertiary alicyclic amines) is 1. The molecule has 1 aliphatic carbocycles. The first-order chi connectivity index (χ1) is 10.6. The number of nitrogens with zero attached hydrogens (tertiary/aromatic N) is 2. The molecule has 2 heterocycles. The summed E-state index contributed by atoms with van der Waals surface area (Å²) in [4.78, 5) is 30.1. The zero-order valence-electron chi connectivity index (χ0n) is 12.9. The minimum Gasteiger partial charge on any atom is -0.480 e. The van der Waals surface area contributed by atoms with Crippen molar-refractivity contribution in [2.45, 2.75) is 57.5 Å². The van der Waals surface area contributed by atoms with Gasteiger partial charge in [-0.1, -0.05) is 18.9 Å². The standard InChI is InChI=1S/C17H22N2O3/c1-11-6-7-12(10-18-11)8-16(20)19-14-5-3-2-4-13(14)9-15(19)17(21)22/h6-7,10,13-15H,2-5,8-9H2,1H3,(H,21,22)/t13-,14+,15-/m0/s1. The molecule has 118 valence electrons. The number of aromatic nitrogens is 1. The molecule has 0 radical (unpaired) electrons. The van der Waals surface area contributed by atoms with Crippen LogP contribution in [-0.2, 0) is 16.0 Å². The van der Waals surface area contributed by atoms with Gasteiger partial charge in [-0.3, -0.25) is 9.78 Å². The molecular formula is C17H22N2O3. The van der Waals surface area contributed by atoms with Crippen molar-refractivity contribution in [3.05, 3.63) is 29.6 Å². The number of aliphatic carboxylic acids is 1. The van der Waals surface area contributed by atoms with Crippen LogP contribution < -0.4 is 0 Å². The van der Waals surface area contributed by atoms with Gasteiger partial charge < -0.3 is 10.0 Å². The number of hydrogen-bond acceptors (Lipinski definition) is 3. The van der Waals surface area contributed by atoms with E-state index in [1.54, 1.807) is 11.1 Å². The molecule has 2 fully saturated rings. The van der Waals surface area contributed by atoms with Crippen molar-refractivity contribution < 1.29 is 14.7 Å². The minimum absolute atomic E-state index is 0.0764. The molecule has 3 rings (SSSR count). The molecule has 1 N–H and O–H groups in total.